The molecule has 1 aromatic carbocycles. The van der Waals surface area contributed by atoms with Gasteiger partial charge >= 0.3 is 0 Å². The Morgan fingerprint density at radius 3 is 2.62 bits per heavy atom. The first-order valence-corrected chi connectivity index (χ1v) is 7.67. The van der Waals surface area contributed by atoms with Gasteiger partial charge in [-0.3, -0.25) is 0 Å². The quantitative estimate of drug-likeness (QED) is 0.658. The molecule has 0 aliphatic heterocycles. The standard InChI is InChI=1S/C9H10BrCl2NO2S/c10-8-6-7(2-3-9(8)12)16(14,15)13-5-1-4-11/h2-3,6,13H,1,4-5H2. The van der Waals surface area contributed by atoms with Gasteiger partial charge in [-0.1, -0.05) is 11.6 Å². The van der Waals surface area contributed by atoms with Crippen molar-refractivity contribution in [3.8, 4) is 0 Å². The van der Waals surface area contributed by atoms with Gasteiger partial charge in [-0.05, 0) is 40.5 Å². The van der Waals surface area contributed by atoms with Gasteiger partial charge in [0.25, 0.3) is 0 Å². The number of alkyl halides is 1. The van der Waals surface area contributed by atoms with Gasteiger partial charge in [-0.2, -0.15) is 0 Å². The molecule has 0 aromatic heterocycles. The highest BCUT2D eigenvalue weighted by molar-refractivity contribution is 9.10. The van der Waals surface area contributed by atoms with Crippen molar-refractivity contribution in [2.24, 2.45) is 0 Å². The molecule has 1 N–H and O–H groups in total. The third-order valence-corrected chi connectivity index (χ3v) is 4.74. The molecular weight excluding hydrogens is 337 g/mol. The van der Waals surface area contributed by atoms with Crippen LogP contribution < -0.4 is 4.72 Å². The van der Waals surface area contributed by atoms with Gasteiger partial charge in [0.05, 0.1) is 9.92 Å². The highest BCUT2D eigenvalue weighted by atomic mass is 79.9. The number of benzene rings is 1. The average molecular weight is 347 g/mol. The summed E-state index contributed by atoms with van der Waals surface area (Å²) in [6.07, 6.45) is 0.593. The van der Waals surface area contributed by atoms with Crippen LogP contribution in [0.1, 0.15) is 6.42 Å². The van der Waals surface area contributed by atoms with Gasteiger partial charge in [0, 0.05) is 16.9 Å². The van der Waals surface area contributed by atoms with E-state index in [0.29, 0.717) is 28.3 Å². The van der Waals surface area contributed by atoms with E-state index in [1.807, 2.05) is 0 Å². The predicted octanol–water partition coefficient (Wildman–Crippen LogP) is 3.01. The first-order chi connectivity index (χ1) is 7.47. The summed E-state index contributed by atoms with van der Waals surface area (Å²) in [6, 6.07) is 4.45. The maximum Gasteiger partial charge on any atom is 0.240 e. The van der Waals surface area contributed by atoms with E-state index in [9.17, 15) is 8.42 Å². The van der Waals surface area contributed by atoms with Gasteiger partial charge < -0.3 is 0 Å². The van der Waals surface area contributed by atoms with Crippen LogP contribution in [0.2, 0.25) is 5.02 Å². The van der Waals surface area contributed by atoms with Crippen molar-refractivity contribution in [1.82, 2.24) is 4.72 Å². The van der Waals surface area contributed by atoms with Crippen LogP contribution in [-0.2, 0) is 10.0 Å². The second-order valence-electron chi connectivity index (χ2n) is 3.02. The Hall–Kier alpha value is 0.190. The van der Waals surface area contributed by atoms with Crippen molar-refractivity contribution in [3.63, 3.8) is 0 Å². The number of hydrogen-bond donors (Lipinski definition) is 1. The molecule has 0 bridgehead atoms. The Kier molecular flexibility index (Phi) is 5.53. The van der Waals surface area contributed by atoms with E-state index < -0.39 is 10.0 Å². The molecule has 3 nitrogen and oxygen atoms in total. The van der Waals surface area contributed by atoms with E-state index in [1.165, 1.54) is 18.2 Å². The first kappa shape index (κ1) is 14.3. The fourth-order valence-corrected chi connectivity index (χ4v) is 2.88. The summed E-state index contributed by atoms with van der Waals surface area (Å²) >= 11 is 14.4. The van der Waals surface area contributed by atoms with Crippen LogP contribution in [0.25, 0.3) is 0 Å². The van der Waals surface area contributed by atoms with Crippen molar-refractivity contribution in [3.05, 3.63) is 27.7 Å². The molecule has 1 aromatic rings. The average Bonchev–Trinajstić information content (AvgIpc) is 2.22. The second kappa shape index (κ2) is 6.21. The normalized spacial score (nSPS) is 11.7. The van der Waals surface area contributed by atoms with Gasteiger partial charge in [-0.15, -0.1) is 11.6 Å². The van der Waals surface area contributed by atoms with Crippen molar-refractivity contribution in [2.75, 3.05) is 12.4 Å². The topological polar surface area (TPSA) is 46.2 Å². The monoisotopic (exact) mass is 345 g/mol. The summed E-state index contributed by atoms with van der Waals surface area (Å²) in [6.45, 7) is 0.325. The molecule has 16 heavy (non-hydrogen) atoms. The zero-order valence-corrected chi connectivity index (χ0v) is 12.1. The first-order valence-electron chi connectivity index (χ1n) is 4.48. The molecule has 0 fully saturated rings. The van der Waals surface area contributed by atoms with Crippen LogP contribution in [-0.4, -0.2) is 20.8 Å². The number of rotatable bonds is 5. The molecule has 1 rings (SSSR count). The van der Waals surface area contributed by atoms with Crippen LogP contribution in [0.5, 0.6) is 0 Å². The Balaban J connectivity index is 2.86. The van der Waals surface area contributed by atoms with E-state index in [1.54, 1.807) is 0 Å². The second-order valence-corrected chi connectivity index (χ2v) is 6.42. The van der Waals surface area contributed by atoms with E-state index in [4.69, 9.17) is 23.2 Å². The van der Waals surface area contributed by atoms with Crippen LogP contribution in [0.4, 0.5) is 0 Å². The lowest BCUT2D eigenvalue weighted by Gasteiger charge is -2.06. The molecule has 0 unspecified atom stereocenters. The minimum atomic E-state index is -3.47. The SMILES string of the molecule is O=S(=O)(NCCCCl)c1ccc(Cl)c(Br)c1. The molecule has 0 aliphatic carbocycles. The number of nitrogens with one attached hydrogen (secondary N) is 1. The molecule has 0 spiro atoms. The summed E-state index contributed by atoms with van der Waals surface area (Å²) in [5.74, 6) is 0.423. The van der Waals surface area contributed by atoms with Crippen molar-refractivity contribution < 1.29 is 8.42 Å². The Labute approximate surface area is 113 Å². The molecule has 7 heteroatoms. The lowest BCUT2D eigenvalue weighted by atomic mass is 10.4. The number of sulfonamides is 1. The number of hydrogen-bond acceptors (Lipinski definition) is 2. The lowest BCUT2D eigenvalue weighted by Crippen LogP contribution is -2.25. The third-order valence-electron chi connectivity index (χ3n) is 1.80. The van der Waals surface area contributed by atoms with E-state index in [2.05, 4.69) is 20.7 Å². The summed E-state index contributed by atoms with van der Waals surface area (Å²) < 4.78 is 26.5. The molecule has 0 saturated heterocycles. The fraction of sp³-hybridized carbons (Fsp3) is 0.333. The summed E-state index contributed by atoms with van der Waals surface area (Å²) in [7, 11) is -3.47. The lowest BCUT2D eigenvalue weighted by molar-refractivity contribution is 0.581. The van der Waals surface area contributed by atoms with Gasteiger partial charge in [0.2, 0.25) is 10.0 Å². The smallest absolute Gasteiger partial charge is 0.211 e. The molecule has 0 saturated carbocycles. The summed E-state index contributed by atoms with van der Waals surface area (Å²) in [5, 5.41) is 0.472. The van der Waals surface area contributed by atoms with E-state index in [-0.39, 0.29) is 4.90 Å². The number of halogens is 3. The highest BCUT2D eigenvalue weighted by Crippen LogP contribution is 2.25. The maximum atomic E-state index is 11.8. The minimum absolute atomic E-state index is 0.179. The van der Waals surface area contributed by atoms with Crippen molar-refractivity contribution in [2.45, 2.75) is 11.3 Å². The van der Waals surface area contributed by atoms with Crippen LogP contribution in [0.15, 0.2) is 27.6 Å². The van der Waals surface area contributed by atoms with E-state index >= 15 is 0 Å². The van der Waals surface area contributed by atoms with Gasteiger partial charge in [-0.25, -0.2) is 13.1 Å². The largest absolute Gasteiger partial charge is 0.240 e. The summed E-state index contributed by atoms with van der Waals surface area (Å²) in [4.78, 5) is 0.179. The van der Waals surface area contributed by atoms with Crippen molar-refractivity contribution in [1.29, 1.82) is 0 Å². The Morgan fingerprint density at radius 1 is 1.38 bits per heavy atom. The maximum absolute atomic E-state index is 11.8. The summed E-state index contributed by atoms with van der Waals surface area (Å²) in [5.41, 5.74) is 0. The molecular formula is C9H10BrCl2NO2S. The predicted molar refractivity (Wildman–Crippen MR) is 69.7 cm³/mol. The zero-order chi connectivity index (χ0) is 12.2. The Morgan fingerprint density at radius 2 is 2.06 bits per heavy atom. The van der Waals surface area contributed by atoms with E-state index in [0.717, 1.165) is 0 Å². The molecule has 0 aliphatic rings. The van der Waals surface area contributed by atoms with Crippen LogP contribution in [0.3, 0.4) is 0 Å². The van der Waals surface area contributed by atoms with Crippen molar-refractivity contribution >= 4 is 49.2 Å². The third kappa shape index (κ3) is 3.89. The van der Waals surface area contributed by atoms with Gasteiger partial charge in [0.1, 0.15) is 0 Å². The van der Waals surface area contributed by atoms with Gasteiger partial charge in [0.15, 0.2) is 0 Å². The Bertz CT molecular complexity index is 465. The minimum Gasteiger partial charge on any atom is -0.211 e. The molecule has 90 valence electrons. The van der Waals surface area contributed by atoms with Crippen LogP contribution in [0, 0.1) is 0 Å². The zero-order valence-electron chi connectivity index (χ0n) is 8.21. The molecule has 0 heterocycles. The fourth-order valence-electron chi connectivity index (χ4n) is 1.00. The van der Waals surface area contributed by atoms with Crippen LogP contribution >= 0.6 is 39.1 Å². The molecule has 0 amide bonds. The highest BCUT2D eigenvalue weighted by Gasteiger charge is 2.14. The molecule has 0 atom stereocenters. The molecule has 0 radical (unpaired) electrons.